The van der Waals surface area contributed by atoms with E-state index in [1.165, 1.54) is 25.3 Å². The van der Waals surface area contributed by atoms with Crippen molar-refractivity contribution in [1.82, 2.24) is 0 Å². The summed E-state index contributed by atoms with van der Waals surface area (Å²) in [5.74, 6) is -7.24. The summed E-state index contributed by atoms with van der Waals surface area (Å²) in [6.45, 7) is 14.3. The molecule has 0 fully saturated rings. The third kappa shape index (κ3) is 40.9. The van der Waals surface area contributed by atoms with Crippen LogP contribution < -0.4 is 58.0 Å². The monoisotopic (exact) mass is 1930 g/mol. The van der Waals surface area contributed by atoms with Crippen LogP contribution in [0.1, 0.15) is 93.5 Å². The van der Waals surface area contributed by atoms with Gasteiger partial charge < -0.3 is 65.2 Å². The molecule has 0 unspecified atom stereocenters. The smallest absolute Gasteiger partial charge is 1.00 e. The molecule has 11 rings (SSSR count). The predicted molar refractivity (Wildman–Crippen MR) is 458 cm³/mol. The van der Waals surface area contributed by atoms with Gasteiger partial charge in [-0.15, -0.1) is 8.58 Å². The van der Waals surface area contributed by atoms with Crippen LogP contribution in [0, 0.1) is 98.6 Å². The average molecular weight is 1940 g/mol. The first-order valence-corrected chi connectivity index (χ1v) is 39.9. The van der Waals surface area contributed by atoms with Gasteiger partial charge >= 0.3 is 51.9 Å². The normalized spacial score (nSPS) is 9.72. The summed E-state index contributed by atoms with van der Waals surface area (Å²) in [5, 5.41) is 51.5. The van der Waals surface area contributed by atoms with Crippen molar-refractivity contribution in [3.63, 3.8) is 0 Å². The molecule has 0 aliphatic carbocycles. The number of esters is 1. The van der Waals surface area contributed by atoms with E-state index >= 15 is 0 Å². The van der Waals surface area contributed by atoms with E-state index in [2.05, 4.69) is 18.1 Å². The molecule has 11 aromatic rings. The van der Waals surface area contributed by atoms with Gasteiger partial charge in [-0.2, -0.15) is 8.42 Å². The van der Waals surface area contributed by atoms with Gasteiger partial charge in [-0.3, -0.25) is 23.5 Å². The van der Waals surface area contributed by atoms with Crippen LogP contribution in [0.3, 0.4) is 0 Å². The number of carbonyl (C=O) groups excluding carboxylic acids is 4. The number of phenols is 4. The molecule has 0 bridgehead atoms. The van der Waals surface area contributed by atoms with Crippen molar-refractivity contribution in [3.8, 4) is 69.0 Å². The zero-order valence-electron chi connectivity index (χ0n) is 70.1. The second kappa shape index (κ2) is 60.2. The number of aliphatic hydroxyl groups excluding tert-OH is 1. The maximum atomic E-state index is 13.7. The molecule has 11 aromatic carbocycles. The van der Waals surface area contributed by atoms with Gasteiger partial charge in [0, 0.05) is 53.9 Å². The molecule has 0 amide bonds. The van der Waals surface area contributed by atoms with Gasteiger partial charge in [-0.25, -0.2) is 57.9 Å². The van der Waals surface area contributed by atoms with Gasteiger partial charge in [-0.1, -0.05) is 88.3 Å². The fourth-order valence-corrected chi connectivity index (χ4v) is 9.43. The summed E-state index contributed by atoms with van der Waals surface area (Å²) in [6, 6.07) is 35.2. The molecule has 0 saturated heterocycles. The van der Waals surface area contributed by atoms with E-state index in [1.807, 2.05) is 32.9 Å². The zero-order valence-corrected chi connectivity index (χ0v) is 76.7. The van der Waals surface area contributed by atoms with Gasteiger partial charge in [-0.05, 0) is 176 Å². The Morgan fingerprint density at radius 3 is 1.03 bits per heavy atom. The second-order valence-electron chi connectivity index (χ2n) is 23.7. The molecule has 127 heavy (non-hydrogen) atoms. The Bertz CT molecular complexity index is 5520. The molecule has 8 N–H and O–H groups in total. The number of phenolic OH excluding ortho intramolecular Hbond substituents is 4. The summed E-state index contributed by atoms with van der Waals surface area (Å²) in [5.41, 5.74) is 1.67. The second-order valence-corrected chi connectivity index (χ2v) is 27.7. The van der Waals surface area contributed by atoms with E-state index in [0.717, 1.165) is 91.4 Å². The van der Waals surface area contributed by atoms with Crippen LogP contribution in [0.5, 0.6) is 69.0 Å². The first kappa shape index (κ1) is 118. The Labute approximate surface area is 774 Å². The number of rotatable bonds is 15. The third-order valence-corrected chi connectivity index (χ3v) is 16.6. The molecule has 0 aliphatic rings. The summed E-state index contributed by atoms with van der Waals surface area (Å²) < 4.78 is 209. The van der Waals surface area contributed by atoms with Gasteiger partial charge in [0.15, 0.2) is 30.4 Å². The van der Waals surface area contributed by atoms with E-state index in [0.29, 0.717) is 52.5 Å². The largest absolute Gasteiger partial charge is 1.00 e. The van der Waals surface area contributed by atoms with E-state index in [9.17, 15) is 72.3 Å². The fraction of sp³-hybridized carbons (Fsp3) is 0.165. The van der Waals surface area contributed by atoms with Crippen molar-refractivity contribution < 1.29 is 185 Å². The quantitative estimate of drug-likeness (QED) is 0.00899. The number of ether oxygens (including phenoxy) is 7. The molecular weight excluding hydrogens is 1860 g/mol. The number of carboxylic acid groups (broad SMARTS) is 1. The van der Waals surface area contributed by atoms with Crippen LogP contribution in [0.25, 0.3) is 0 Å². The van der Waals surface area contributed by atoms with Gasteiger partial charge in [0.05, 0.1) is 94.6 Å². The molecule has 0 saturated carbocycles. The summed E-state index contributed by atoms with van der Waals surface area (Å²) in [7, 11) is 2.65. The number of benzene rings is 11. The van der Waals surface area contributed by atoms with Crippen molar-refractivity contribution in [2.24, 2.45) is 0 Å². The minimum absolute atomic E-state index is 0. The van der Waals surface area contributed by atoms with Crippen LogP contribution in [-0.2, 0) is 21.7 Å². The molecule has 0 aliphatic heterocycles. The maximum absolute atomic E-state index is 13.7. The summed E-state index contributed by atoms with van der Waals surface area (Å²) in [6.07, 6.45) is 0.998. The van der Waals surface area contributed by atoms with Crippen LogP contribution in [0.15, 0.2) is 164 Å². The van der Waals surface area contributed by atoms with Gasteiger partial charge in [0.25, 0.3) is 0 Å². The Hall–Kier alpha value is -10.6. The SMILES string of the molecule is CCOC(=O)c1cc(F)c(Cl)cc1F.COc1cccc(O)c1C.COc1cccc(O)c1C.COc1cccc(Oc2cc(Cl)c(F)cc2C=O)c1C.COc1cccc(Oc2cc(F)c(C=O)cc2F)c1C.CPC.Cc1c(O)cccc1O.O=C(O)c1cc(F)c(Cl)cc1F.O=Cc1cc(F)c(Cl)cc1F.O=S(=O)(O)O.OCc1cc(F)c(Cl)cc1F.[B].[H-].[Na+]. The Kier molecular flexibility index (Phi) is 56.1. The van der Waals surface area contributed by atoms with Crippen molar-refractivity contribution in [2.75, 3.05) is 48.4 Å². The van der Waals surface area contributed by atoms with Crippen molar-refractivity contribution >= 4 is 116 Å². The number of halogens is 16. The van der Waals surface area contributed by atoms with E-state index in [1.54, 1.807) is 109 Å². The molecule has 0 aromatic heterocycles. The van der Waals surface area contributed by atoms with Gasteiger partial charge in [0.1, 0.15) is 121 Å². The number of hydrogen-bond donors (Lipinski definition) is 8. The molecule has 0 spiro atoms. The fourth-order valence-electron chi connectivity index (χ4n) is 8.67. The van der Waals surface area contributed by atoms with Crippen LogP contribution in [0.4, 0.5) is 48.3 Å². The Morgan fingerprint density at radius 2 is 0.677 bits per heavy atom. The Morgan fingerprint density at radius 1 is 0.394 bits per heavy atom. The molecule has 42 heteroatoms. The molecule has 679 valence electrons. The van der Waals surface area contributed by atoms with E-state index < -0.39 is 109 Å². The summed E-state index contributed by atoms with van der Waals surface area (Å²) >= 11 is 26.7. The van der Waals surface area contributed by atoms with Crippen molar-refractivity contribution in [3.05, 3.63) is 314 Å². The number of aromatic carboxylic acids is 1. The Balaban J connectivity index is -0.00000137. The molecular formula is C85H80BCl5F11NaO22PS. The number of methoxy groups -OCH3 is 4. The van der Waals surface area contributed by atoms with E-state index in [-0.39, 0.29) is 135 Å². The minimum Gasteiger partial charge on any atom is -1.00 e. The molecule has 22 nitrogen and oxygen atoms in total. The number of hydrogen-bond acceptors (Lipinski definition) is 19. The third-order valence-electron chi connectivity index (χ3n) is 15.1. The van der Waals surface area contributed by atoms with Crippen LogP contribution >= 0.6 is 66.6 Å². The molecule has 0 atom stereocenters. The summed E-state index contributed by atoms with van der Waals surface area (Å²) in [4.78, 5) is 52.8. The molecule has 0 heterocycles. The zero-order chi connectivity index (χ0) is 95.5. The van der Waals surface area contributed by atoms with Crippen molar-refractivity contribution in [2.45, 2.75) is 48.1 Å². The van der Waals surface area contributed by atoms with Crippen LogP contribution in [-0.4, -0.2) is 136 Å². The van der Waals surface area contributed by atoms with Crippen LogP contribution in [0.2, 0.25) is 25.1 Å². The number of aliphatic hydroxyl groups is 1. The first-order valence-electron chi connectivity index (χ1n) is 34.6. The number of aldehydes is 3. The average Bonchev–Trinajstić information content (AvgIpc) is 0.822. The number of aromatic hydroxyl groups is 4. The number of carbonyl (C=O) groups is 5. The number of carboxylic acids is 1. The van der Waals surface area contributed by atoms with Crippen molar-refractivity contribution in [1.29, 1.82) is 0 Å². The molecule has 3 radical (unpaired) electrons. The first-order chi connectivity index (χ1) is 58.6. The van der Waals surface area contributed by atoms with Gasteiger partial charge in [0.2, 0.25) is 0 Å². The standard InChI is InChI=1S/C15H12ClFO3.C15H12F2O3.C9H7ClF2O2.2C8H10O2.C7H3ClF2O2.C7H5ClF2O.C7H3ClF2O.C7H8O2.C2H7P.B.Na.H2O4S.H/c1-9-13(19-2)4-3-5-14(9)20-15-7-11(16)12(17)6-10(15)8-18;1-9-13(19-2)4-3-5-14(9)20-15-7-11(16)10(8-18)6-12(15)17;1-2-14-9(13)5-3-8(12)6(10)4-7(5)11;2*1-6-7(9)4-3-5-8(6)10-2;8-4-2-5(9)3(7(11)12)1-6(4)10;2*8-5-2-6(9)4(3-11)1-7(5)10;1-5-6(8)3-2-4-7(5)9;1-3-2;;;1-5(2,3)4;/h2*3-8H,1-2H3;3-4H,2H2,1H3;2*3-5,9H,1-2H3;1-2H,(H,11,12);1-2,11H,3H2;1-3H;2-4,8-9H,1H3;3H,1-2H3;;;(H2,1,2,3,4);/q;;;;;;;;;;;+1;;-1. The van der Waals surface area contributed by atoms with E-state index in [4.69, 9.17) is 135 Å². The maximum Gasteiger partial charge on any atom is 1.00 e. The minimum atomic E-state index is -4.67. The predicted octanol–water partition coefficient (Wildman–Crippen LogP) is 19.8. The topological polar surface area (TPSA) is 346 Å².